The van der Waals surface area contributed by atoms with Crippen LogP contribution in [0.4, 0.5) is 19.1 Å². The average Bonchev–Trinajstić information content (AvgIpc) is 3.17. The van der Waals surface area contributed by atoms with Crippen molar-refractivity contribution in [3.63, 3.8) is 0 Å². The SMILES string of the molecule is O=C(CSc1n[nH]c(NN=C2CCCCC2)n1)NCc1cccc(C(F)(F)F)c1. The number of carbonyl (C=O) groups is 1. The van der Waals surface area contributed by atoms with Gasteiger partial charge in [0, 0.05) is 12.3 Å². The van der Waals surface area contributed by atoms with Gasteiger partial charge in [0.15, 0.2) is 0 Å². The molecule has 1 aliphatic carbocycles. The fourth-order valence-electron chi connectivity index (χ4n) is 2.80. The van der Waals surface area contributed by atoms with E-state index in [1.807, 2.05) is 0 Å². The first-order valence-electron chi connectivity index (χ1n) is 9.19. The molecule has 7 nitrogen and oxygen atoms in total. The maximum atomic E-state index is 12.7. The number of hydrogen-bond donors (Lipinski definition) is 3. The number of anilines is 1. The van der Waals surface area contributed by atoms with Crippen LogP contribution in [0.3, 0.4) is 0 Å². The molecule has 1 amide bonds. The van der Waals surface area contributed by atoms with E-state index >= 15 is 0 Å². The molecule has 0 saturated heterocycles. The van der Waals surface area contributed by atoms with Crippen molar-refractivity contribution >= 4 is 29.3 Å². The van der Waals surface area contributed by atoms with Crippen LogP contribution in [0.2, 0.25) is 0 Å². The summed E-state index contributed by atoms with van der Waals surface area (Å²) in [7, 11) is 0. The molecule has 0 unspecified atom stereocenters. The number of aromatic nitrogens is 3. The number of halogens is 3. The Kier molecular flexibility index (Phi) is 7.13. The minimum Gasteiger partial charge on any atom is -0.351 e. The minimum atomic E-state index is -4.41. The highest BCUT2D eigenvalue weighted by Gasteiger charge is 2.30. The van der Waals surface area contributed by atoms with E-state index in [0.29, 0.717) is 16.7 Å². The van der Waals surface area contributed by atoms with Crippen LogP contribution in [-0.2, 0) is 17.5 Å². The van der Waals surface area contributed by atoms with Gasteiger partial charge in [0.1, 0.15) is 0 Å². The molecule has 156 valence electrons. The van der Waals surface area contributed by atoms with Gasteiger partial charge in [-0.25, -0.2) is 10.5 Å². The first-order valence-corrected chi connectivity index (χ1v) is 10.2. The number of amides is 1. The summed E-state index contributed by atoms with van der Waals surface area (Å²) in [6.07, 6.45) is 1.08. The van der Waals surface area contributed by atoms with Gasteiger partial charge in [-0.1, -0.05) is 30.3 Å². The summed E-state index contributed by atoms with van der Waals surface area (Å²) in [5, 5.41) is 14.0. The zero-order valence-corrected chi connectivity index (χ0v) is 16.4. The maximum absolute atomic E-state index is 12.7. The van der Waals surface area contributed by atoms with E-state index in [1.165, 1.54) is 18.6 Å². The zero-order valence-electron chi connectivity index (χ0n) is 15.6. The van der Waals surface area contributed by atoms with Crippen LogP contribution in [-0.4, -0.2) is 32.6 Å². The lowest BCUT2D eigenvalue weighted by Crippen LogP contribution is -2.24. The minimum absolute atomic E-state index is 0.0155. The highest BCUT2D eigenvalue weighted by molar-refractivity contribution is 7.99. The Labute approximate surface area is 169 Å². The van der Waals surface area contributed by atoms with Crippen LogP contribution >= 0.6 is 11.8 Å². The van der Waals surface area contributed by atoms with Gasteiger partial charge in [-0.05, 0) is 43.4 Å². The van der Waals surface area contributed by atoms with Gasteiger partial charge in [0.05, 0.1) is 11.3 Å². The monoisotopic (exact) mass is 426 g/mol. The van der Waals surface area contributed by atoms with Crippen LogP contribution in [0.25, 0.3) is 0 Å². The van der Waals surface area contributed by atoms with Gasteiger partial charge in [0.2, 0.25) is 17.0 Å². The van der Waals surface area contributed by atoms with Crippen molar-refractivity contribution in [2.24, 2.45) is 5.10 Å². The van der Waals surface area contributed by atoms with E-state index in [4.69, 9.17) is 0 Å². The Morgan fingerprint density at radius 1 is 1.24 bits per heavy atom. The second kappa shape index (κ2) is 9.77. The summed E-state index contributed by atoms with van der Waals surface area (Å²) >= 11 is 1.12. The van der Waals surface area contributed by atoms with E-state index in [-0.39, 0.29) is 18.2 Å². The molecule has 29 heavy (non-hydrogen) atoms. The lowest BCUT2D eigenvalue weighted by atomic mass is 9.99. The highest BCUT2D eigenvalue weighted by atomic mass is 32.2. The fourth-order valence-corrected chi connectivity index (χ4v) is 3.43. The highest BCUT2D eigenvalue weighted by Crippen LogP contribution is 2.29. The summed E-state index contributed by atoms with van der Waals surface area (Å²) in [6.45, 7) is 0.0155. The maximum Gasteiger partial charge on any atom is 0.416 e. The van der Waals surface area contributed by atoms with Crippen LogP contribution in [0.5, 0.6) is 0 Å². The normalized spacial score (nSPS) is 14.5. The molecule has 1 aromatic heterocycles. The molecule has 1 fully saturated rings. The first kappa shape index (κ1) is 21.2. The Balaban J connectivity index is 1.42. The Morgan fingerprint density at radius 2 is 2.03 bits per heavy atom. The summed E-state index contributed by atoms with van der Waals surface area (Å²) in [4.78, 5) is 16.1. The molecule has 3 rings (SSSR count). The summed E-state index contributed by atoms with van der Waals surface area (Å²) < 4.78 is 38.2. The number of benzene rings is 1. The van der Waals surface area contributed by atoms with E-state index in [1.54, 1.807) is 0 Å². The predicted octanol–water partition coefficient (Wildman–Crippen LogP) is 3.96. The quantitative estimate of drug-likeness (QED) is 0.460. The van der Waals surface area contributed by atoms with Crippen LogP contribution < -0.4 is 10.7 Å². The van der Waals surface area contributed by atoms with Gasteiger partial charge in [0.25, 0.3) is 0 Å². The Bertz CT molecular complexity index is 859. The van der Waals surface area contributed by atoms with Crippen molar-refractivity contribution < 1.29 is 18.0 Å². The number of nitrogens with zero attached hydrogens (tertiary/aromatic N) is 3. The number of alkyl halides is 3. The molecule has 0 spiro atoms. The van der Waals surface area contributed by atoms with Crippen molar-refractivity contribution in [2.75, 3.05) is 11.2 Å². The second-order valence-corrected chi connectivity index (χ2v) is 7.52. The third-order valence-corrected chi connectivity index (χ3v) is 5.14. The molecule has 11 heteroatoms. The average molecular weight is 426 g/mol. The second-order valence-electron chi connectivity index (χ2n) is 6.58. The summed E-state index contributed by atoms with van der Waals surface area (Å²) in [6, 6.07) is 4.87. The summed E-state index contributed by atoms with van der Waals surface area (Å²) in [5.74, 6) is 0.120. The third-order valence-electron chi connectivity index (χ3n) is 4.29. The van der Waals surface area contributed by atoms with E-state index in [9.17, 15) is 18.0 Å². The predicted molar refractivity (Wildman–Crippen MR) is 105 cm³/mol. The number of H-pyrrole nitrogens is 1. The molecule has 0 atom stereocenters. The van der Waals surface area contributed by atoms with Crippen molar-refractivity contribution in [3.8, 4) is 0 Å². The van der Waals surface area contributed by atoms with Crippen LogP contribution in [0, 0.1) is 0 Å². The number of aromatic amines is 1. The number of hydrazone groups is 1. The van der Waals surface area contributed by atoms with E-state index < -0.39 is 11.7 Å². The number of nitrogens with one attached hydrogen (secondary N) is 3. The molecule has 0 radical (unpaired) electrons. The smallest absolute Gasteiger partial charge is 0.351 e. The molecular weight excluding hydrogens is 405 g/mol. The van der Waals surface area contributed by atoms with Crippen LogP contribution in [0.15, 0.2) is 34.5 Å². The molecule has 1 saturated carbocycles. The van der Waals surface area contributed by atoms with E-state index in [2.05, 4.69) is 31.0 Å². The number of thioether (sulfide) groups is 1. The van der Waals surface area contributed by atoms with Gasteiger partial charge in [-0.2, -0.15) is 23.3 Å². The number of carbonyl (C=O) groups excluding carboxylic acids is 1. The molecule has 0 aliphatic heterocycles. The Hall–Kier alpha value is -2.56. The molecular formula is C18H21F3N6OS. The standard InChI is InChI=1S/C18H21F3N6OS/c19-18(20,21)13-6-4-5-12(9-13)10-22-15(28)11-29-17-23-16(26-27-17)25-24-14-7-2-1-3-8-14/h4-6,9H,1-3,7-8,10-11H2,(H,22,28)(H2,23,25,26,27). The number of hydrogen-bond acceptors (Lipinski definition) is 6. The largest absolute Gasteiger partial charge is 0.416 e. The lowest BCUT2D eigenvalue weighted by Gasteiger charge is -2.11. The lowest BCUT2D eigenvalue weighted by molar-refractivity contribution is -0.137. The van der Waals surface area contributed by atoms with Crippen molar-refractivity contribution in [1.82, 2.24) is 20.5 Å². The third kappa shape index (κ3) is 6.77. The van der Waals surface area contributed by atoms with Gasteiger partial charge < -0.3 is 5.32 Å². The molecule has 1 aromatic carbocycles. The van der Waals surface area contributed by atoms with Crippen molar-refractivity contribution in [2.45, 2.75) is 50.0 Å². The topological polar surface area (TPSA) is 95.1 Å². The van der Waals surface area contributed by atoms with Gasteiger partial charge >= 0.3 is 6.18 Å². The molecule has 2 aromatic rings. The molecule has 1 heterocycles. The van der Waals surface area contributed by atoms with Crippen molar-refractivity contribution in [3.05, 3.63) is 35.4 Å². The van der Waals surface area contributed by atoms with Gasteiger partial charge in [-0.15, -0.1) is 5.10 Å². The van der Waals surface area contributed by atoms with Crippen molar-refractivity contribution in [1.29, 1.82) is 0 Å². The fraction of sp³-hybridized carbons (Fsp3) is 0.444. The summed E-state index contributed by atoms with van der Waals surface area (Å²) in [5.41, 5.74) is 3.59. The Morgan fingerprint density at radius 3 is 2.79 bits per heavy atom. The molecule has 3 N–H and O–H groups in total. The van der Waals surface area contributed by atoms with E-state index in [0.717, 1.165) is 55.3 Å². The molecule has 0 bridgehead atoms. The zero-order chi connectivity index (χ0) is 20.7. The first-order chi connectivity index (χ1) is 13.9. The molecule has 1 aliphatic rings. The number of rotatable bonds is 7. The van der Waals surface area contributed by atoms with Gasteiger partial charge in [-0.3, -0.25) is 4.79 Å². The van der Waals surface area contributed by atoms with Crippen LogP contribution in [0.1, 0.15) is 43.2 Å².